The quantitative estimate of drug-likeness (QED) is 0.646. The third kappa shape index (κ3) is 5.12. The van der Waals surface area contributed by atoms with Crippen molar-refractivity contribution in [3.63, 3.8) is 0 Å². The minimum absolute atomic E-state index is 0.244. The third-order valence-corrected chi connectivity index (χ3v) is 4.60. The maximum Gasteiger partial charge on any atom is 0.257 e. The highest BCUT2D eigenvalue weighted by molar-refractivity contribution is 6.34. The van der Waals surface area contributed by atoms with E-state index in [0.717, 1.165) is 11.3 Å². The Morgan fingerprint density at radius 3 is 2.48 bits per heavy atom. The molecule has 2 amide bonds. The van der Waals surface area contributed by atoms with Gasteiger partial charge in [0.2, 0.25) is 0 Å². The maximum atomic E-state index is 12.8. The second kappa shape index (κ2) is 9.21. The van der Waals surface area contributed by atoms with Crippen molar-refractivity contribution in [1.29, 1.82) is 0 Å². The summed E-state index contributed by atoms with van der Waals surface area (Å²) in [6, 6.07) is 15.7. The summed E-state index contributed by atoms with van der Waals surface area (Å²) in [6.45, 7) is 0.357. The number of hydrogen-bond donors (Lipinski definition) is 2. The molecule has 0 fully saturated rings. The normalized spacial score (nSPS) is 10.3. The van der Waals surface area contributed by atoms with Crippen LogP contribution in [0.5, 0.6) is 0 Å². The van der Waals surface area contributed by atoms with E-state index in [1.165, 1.54) is 0 Å². The molecule has 29 heavy (non-hydrogen) atoms. The number of nitrogens with one attached hydrogen (secondary N) is 2. The Labute approximate surface area is 174 Å². The zero-order valence-corrected chi connectivity index (χ0v) is 16.9. The molecule has 2 N–H and O–H groups in total. The summed E-state index contributed by atoms with van der Waals surface area (Å²) in [5, 5.41) is 6.06. The lowest BCUT2D eigenvalue weighted by molar-refractivity contribution is 0.0950. The van der Waals surface area contributed by atoms with Crippen molar-refractivity contribution in [3.8, 4) is 0 Å². The van der Waals surface area contributed by atoms with E-state index in [9.17, 15) is 9.59 Å². The predicted molar refractivity (Wildman–Crippen MR) is 116 cm³/mol. The fourth-order valence-corrected chi connectivity index (χ4v) is 3.03. The SMILES string of the molecule is CN(C)c1ccc(NC(=O)c2ccccc2Cl)cc1C(=O)NCc1cccnc1. The average Bonchev–Trinajstić information content (AvgIpc) is 2.72. The summed E-state index contributed by atoms with van der Waals surface area (Å²) in [7, 11) is 3.71. The predicted octanol–water partition coefficient (Wildman–Crippen LogP) is 3.98. The number of halogens is 1. The smallest absolute Gasteiger partial charge is 0.257 e. The lowest BCUT2D eigenvalue weighted by atomic mass is 10.1. The van der Waals surface area contributed by atoms with Gasteiger partial charge in [-0.25, -0.2) is 0 Å². The van der Waals surface area contributed by atoms with Gasteiger partial charge >= 0.3 is 0 Å². The monoisotopic (exact) mass is 408 g/mol. The molecular formula is C22H21ClN4O2. The Morgan fingerprint density at radius 2 is 1.79 bits per heavy atom. The van der Waals surface area contributed by atoms with E-state index in [-0.39, 0.29) is 11.8 Å². The number of hydrogen-bond acceptors (Lipinski definition) is 4. The van der Waals surface area contributed by atoms with Gasteiger partial charge in [0.25, 0.3) is 11.8 Å². The number of nitrogens with zero attached hydrogens (tertiary/aromatic N) is 2. The van der Waals surface area contributed by atoms with Gasteiger partial charge in [-0.3, -0.25) is 14.6 Å². The lowest BCUT2D eigenvalue weighted by Crippen LogP contribution is -2.25. The second-order valence-corrected chi connectivity index (χ2v) is 7.01. The molecule has 0 aliphatic carbocycles. The number of amides is 2. The number of carbonyl (C=O) groups is 2. The van der Waals surface area contributed by atoms with Crippen LogP contribution >= 0.6 is 11.6 Å². The van der Waals surface area contributed by atoms with E-state index < -0.39 is 0 Å². The summed E-state index contributed by atoms with van der Waals surface area (Å²) < 4.78 is 0. The molecule has 3 aromatic rings. The molecule has 1 aromatic heterocycles. The lowest BCUT2D eigenvalue weighted by Gasteiger charge is -2.18. The Kier molecular flexibility index (Phi) is 6.46. The second-order valence-electron chi connectivity index (χ2n) is 6.60. The van der Waals surface area contributed by atoms with Crippen molar-refractivity contribution in [2.24, 2.45) is 0 Å². The van der Waals surface area contributed by atoms with Crippen LogP contribution < -0.4 is 15.5 Å². The highest BCUT2D eigenvalue weighted by atomic mass is 35.5. The van der Waals surface area contributed by atoms with Crippen molar-refractivity contribution in [2.75, 3.05) is 24.3 Å². The molecule has 148 valence electrons. The van der Waals surface area contributed by atoms with Crippen LogP contribution in [0.1, 0.15) is 26.3 Å². The van der Waals surface area contributed by atoms with Crippen LogP contribution in [0.3, 0.4) is 0 Å². The van der Waals surface area contributed by atoms with E-state index in [1.807, 2.05) is 31.1 Å². The molecule has 0 atom stereocenters. The first-order chi connectivity index (χ1) is 14.0. The maximum absolute atomic E-state index is 12.8. The molecule has 1 heterocycles. The molecule has 3 rings (SSSR count). The zero-order chi connectivity index (χ0) is 20.8. The Balaban J connectivity index is 1.81. The molecule has 0 bridgehead atoms. The largest absolute Gasteiger partial charge is 0.377 e. The Bertz CT molecular complexity index is 1020. The van der Waals surface area contributed by atoms with Crippen molar-refractivity contribution in [3.05, 3.63) is 88.7 Å². The van der Waals surface area contributed by atoms with Crippen LogP contribution in [0.4, 0.5) is 11.4 Å². The van der Waals surface area contributed by atoms with Gasteiger partial charge in [-0.2, -0.15) is 0 Å². The third-order valence-electron chi connectivity index (χ3n) is 4.28. The molecule has 6 nitrogen and oxygen atoms in total. The number of rotatable bonds is 6. The summed E-state index contributed by atoms with van der Waals surface area (Å²) in [4.78, 5) is 31.2. The molecule has 0 spiro atoms. The minimum Gasteiger partial charge on any atom is -0.377 e. The van der Waals surface area contributed by atoms with Crippen molar-refractivity contribution < 1.29 is 9.59 Å². The zero-order valence-electron chi connectivity index (χ0n) is 16.1. The summed E-state index contributed by atoms with van der Waals surface area (Å²) in [6.07, 6.45) is 3.38. The van der Waals surface area contributed by atoms with Crippen molar-refractivity contribution in [2.45, 2.75) is 6.54 Å². The minimum atomic E-state index is -0.338. The van der Waals surface area contributed by atoms with Crippen LogP contribution in [0.2, 0.25) is 5.02 Å². The van der Waals surface area contributed by atoms with E-state index in [2.05, 4.69) is 15.6 Å². The first-order valence-electron chi connectivity index (χ1n) is 9.00. The summed E-state index contributed by atoms with van der Waals surface area (Å²) >= 11 is 6.10. The molecule has 0 unspecified atom stereocenters. The van der Waals surface area contributed by atoms with Gasteiger partial charge in [-0.05, 0) is 42.0 Å². The van der Waals surface area contributed by atoms with Crippen LogP contribution in [-0.4, -0.2) is 30.9 Å². The first kappa shape index (κ1) is 20.4. The molecular weight excluding hydrogens is 388 g/mol. The Morgan fingerprint density at radius 1 is 1.00 bits per heavy atom. The fourth-order valence-electron chi connectivity index (χ4n) is 2.81. The van der Waals surface area contributed by atoms with Gasteiger partial charge in [-0.1, -0.05) is 29.8 Å². The average molecular weight is 409 g/mol. The molecule has 7 heteroatoms. The van der Waals surface area contributed by atoms with E-state index in [1.54, 1.807) is 54.9 Å². The highest BCUT2D eigenvalue weighted by Crippen LogP contribution is 2.24. The van der Waals surface area contributed by atoms with Crippen LogP contribution in [0.25, 0.3) is 0 Å². The molecule has 0 saturated heterocycles. The number of pyridine rings is 1. The first-order valence-corrected chi connectivity index (χ1v) is 9.38. The van der Waals surface area contributed by atoms with Crippen LogP contribution in [0.15, 0.2) is 67.0 Å². The van der Waals surface area contributed by atoms with Gasteiger partial charge in [0.1, 0.15) is 0 Å². The van der Waals surface area contributed by atoms with Crippen LogP contribution in [0, 0.1) is 0 Å². The molecule has 0 aliphatic rings. The van der Waals surface area contributed by atoms with Crippen molar-refractivity contribution in [1.82, 2.24) is 10.3 Å². The highest BCUT2D eigenvalue weighted by Gasteiger charge is 2.16. The van der Waals surface area contributed by atoms with Gasteiger partial charge < -0.3 is 15.5 Å². The van der Waals surface area contributed by atoms with Gasteiger partial charge in [0.05, 0.1) is 16.1 Å². The van der Waals surface area contributed by atoms with E-state index in [4.69, 9.17) is 11.6 Å². The van der Waals surface area contributed by atoms with Crippen LogP contribution in [-0.2, 0) is 6.54 Å². The molecule has 2 aromatic carbocycles. The van der Waals surface area contributed by atoms with E-state index in [0.29, 0.717) is 28.4 Å². The fraction of sp³-hybridized carbons (Fsp3) is 0.136. The van der Waals surface area contributed by atoms with Crippen molar-refractivity contribution >= 4 is 34.8 Å². The number of benzene rings is 2. The summed E-state index contributed by atoms with van der Waals surface area (Å²) in [5.41, 5.74) is 2.97. The number of anilines is 2. The molecule has 0 radical (unpaired) electrons. The van der Waals surface area contributed by atoms with Gasteiger partial charge in [0, 0.05) is 44.4 Å². The molecule has 0 saturated carbocycles. The van der Waals surface area contributed by atoms with Gasteiger partial charge in [0.15, 0.2) is 0 Å². The van der Waals surface area contributed by atoms with E-state index >= 15 is 0 Å². The molecule has 0 aliphatic heterocycles. The topological polar surface area (TPSA) is 74.3 Å². The standard InChI is InChI=1S/C22H21ClN4O2/c1-27(2)20-10-9-16(26-22(29)17-7-3-4-8-19(17)23)12-18(20)21(28)25-14-15-6-5-11-24-13-15/h3-13H,14H2,1-2H3,(H,25,28)(H,26,29). The van der Waals surface area contributed by atoms with Gasteiger partial charge in [-0.15, -0.1) is 0 Å². The summed E-state index contributed by atoms with van der Waals surface area (Å²) in [5.74, 6) is -0.582. The number of aromatic nitrogens is 1. The Hall–Kier alpha value is -3.38. The number of carbonyl (C=O) groups excluding carboxylic acids is 2.